The fourth-order valence-electron chi connectivity index (χ4n) is 3.06. The molecule has 0 radical (unpaired) electrons. The number of rotatable bonds is 4. The Morgan fingerprint density at radius 1 is 1.15 bits per heavy atom. The largest absolute Gasteiger partial charge is 0.346 e. The number of H-pyrrole nitrogens is 1. The van der Waals surface area contributed by atoms with E-state index in [1.165, 1.54) is 11.3 Å². The fourth-order valence-corrected chi connectivity index (χ4v) is 4.08. The lowest BCUT2D eigenvalue weighted by atomic mass is 10.2. The number of aromatic amines is 1. The molecule has 2 amide bonds. The molecule has 0 saturated heterocycles. The predicted octanol–water partition coefficient (Wildman–Crippen LogP) is 2.04. The predicted molar refractivity (Wildman–Crippen MR) is 102 cm³/mol. The molecule has 1 aliphatic heterocycles. The molecule has 2 aromatic heterocycles. The molecule has 0 fully saturated rings. The molecule has 0 atom stereocenters. The zero-order valence-electron chi connectivity index (χ0n) is 14.6. The average molecular weight is 381 g/mol. The quantitative estimate of drug-likeness (QED) is 0.724. The maximum atomic E-state index is 12.5. The van der Waals surface area contributed by atoms with Gasteiger partial charge >= 0.3 is 0 Å². The van der Waals surface area contributed by atoms with Gasteiger partial charge in [0, 0.05) is 43.5 Å². The maximum Gasteiger partial charge on any atom is 0.280 e. The summed E-state index contributed by atoms with van der Waals surface area (Å²) in [4.78, 5) is 32.3. The number of nitrogens with zero attached hydrogens (tertiary/aromatic N) is 3. The van der Waals surface area contributed by atoms with E-state index in [2.05, 4.69) is 20.5 Å². The summed E-state index contributed by atoms with van der Waals surface area (Å²) in [6.45, 7) is 1.67. The zero-order valence-corrected chi connectivity index (χ0v) is 15.5. The Balaban J connectivity index is 1.38. The smallest absolute Gasteiger partial charge is 0.280 e. The summed E-state index contributed by atoms with van der Waals surface area (Å²) in [5.41, 5.74) is 2.47. The number of aromatic nitrogens is 3. The summed E-state index contributed by atoms with van der Waals surface area (Å²) in [5.74, 6) is -0.203. The van der Waals surface area contributed by atoms with Crippen LogP contribution in [0, 0.1) is 0 Å². The Morgan fingerprint density at radius 2 is 1.96 bits per heavy atom. The molecular weight excluding hydrogens is 362 g/mol. The van der Waals surface area contributed by atoms with Crippen molar-refractivity contribution in [1.82, 2.24) is 25.4 Å². The van der Waals surface area contributed by atoms with E-state index in [0.29, 0.717) is 43.2 Å². The van der Waals surface area contributed by atoms with Crippen LogP contribution in [0.2, 0.25) is 0 Å². The molecule has 138 valence electrons. The van der Waals surface area contributed by atoms with Crippen molar-refractivity contribution in [1.29, 1.82) is 0 Å². The first-order valence-corrected chi connectivity index (χ1v) is 9.61. The standard InChI is InChI=1S/C19H19N5O2S/c25-17(20-12-13-4-2-1-3-5-13)18-22-14-7-10-24(11-8-16(14)27-18)19(26)15-6-9-21-23-15/h1-6,9H,7-8,10-12H2,(H,20,25)(H,21,23). The van der Waals surface area contributed by atoms with E-state index in [9.17, 15) is 9.59 Å². The molecule has 0 spiro atoms. The number of nitrogens with one attached hydrogen (secondary N) is 2. The molecule has 3 heterocycles. The number of thiazole rings is 1. The second-order valence-corrected chi connectivity index (χ2v) is 7.40. The number of carbonyl (C=O) groups excluding carboxylic acids is 2. The van der Waals surface area contributed by atoms with Crippen molar-refractivity contribution in [2.24, 2.45) is 0 Å². The monoisotopic (exact) mass is 381 g/mol. The first kappa shape index (κ1) is 17.4. The van der Waals surface area contributed by atoms with E-state index in [0.717, 1.165) is 16.1 Å². The van der Waals surface area contributed by atoms with Gasteiger partial charge in [0.05, 0.1) is 5.69 Å². The lowest BCUT2D eigenvalue weighted by molar-refractivity contribution is 0.0756. The molecule has 4 rings (SSSR count). The molecule has 8 heteroatoms. The van der Waals surface area contributed by atoms with Crippen molar-refractivity contribution < 1.29 is 9.59 Å². The third-order valence-electron chi connectivity index (χ3n) is 4.51. The average Bonchev–Trinajstić information content (AvgIpc) is 3.33. The number of carbonyl (C=O) groups is 2. The minimum absolute atomic E-state index is 0.0523. The SMILES string of the molecule is O=C(NCc1ccccc1)c1nc2c(s1)CCN(C(=O)c1ccn[nH]1)CC2. The molecule has 0 bridgehead atoms. The van der Waals surface area contributed by atoms with Crippen molar-refractivity contribution in [3.8, 4) is 0 Å². The van der Waals surface area contributed by atoms with Gasteiger partial charge in [-0.05, 0) is 11.6 Å². The number of fused-ring (bicyclic) bond motifs is 1. The third kappa shape index (κ3) is 3.90. The minimum atomic E-state index is -0.151. The number of hydrogen-bond acceptors (Lipinski definition) is 5. The molecule has 1 aliphatic rings. The van der Waals surface area contributed by atoms with E-state index in [-0.39, 0.29) is 11.8 Å². The van der Waals surface area contributed by atoms with Gasteiger partial charge in [-0.15, -0.1) is 11.3 Å². The Kier molecular flexibility index (Phi) is 4.97. The molecule has 0 aliphatic carbocycles. The Hall–Kier alpha value is -3.00. The summed E-state index contributed by atoms with van der Waals surface area (Å²) < 4.78 is 0. The Labute approximate surface area is 160 Å². The Bertz CT molecular complexity index is 911. The fraction of sp³-hybridized carbons (Fsp3) is 0.263. The highest BCUT2D eigenvalue weighted by Gasteiger charge is 2.24. The van der Waals surface area contributed by atoms with Gasteiger partial charge in [0.1, 0.15) is 5.69 Å². The highest BCUT2D eigenvalue weighted by Crippen LogP contribution is 2.23. The molecule has 27 heavy (non-hydrogen) atoms. The summed E-state index contributed by atoms with van der Waals surface area (Å²) in [5, 5.41) is 9.96. The number of hydrogen-bond donors (Lipinski definition) is 2. The maximum absolute atomic E-state index is 12.5. The first-order chi connectivity index (χ1) is 13.2. The topological polar surface area (TPSA) is 91.0 Å². The van der Waals surface area contributed by atoms with Gasteiger partial charge in [-0.3, -0.25) is 14.7 Å². The lowest BCUT2D eigenvalue weighted by Gasteiger charge is -2.19. The van der Waals surface area contributed by atoms with Gasteiger partial charge in [0.15, 0.2) is 5.01 Å². The van der Waals surface area contributed by atoms with Crippen LogP contribution in [0.1, 0.15) is 36.4 Å². The van der Waals surface area contributed by atoms with Crippen LogP contribution in [0.3, 0.4) is 0 Å². The summed E-state index contributed by atoms with van der Waals surface area (Å²) in [6, 6.07) is 11.5. The van der Waals surface area contributed by atoms with Crippen LogP contribution in [-0.4, -0.2) is 45.0 Å². The second kappa shape index (κ2) is 7.71. The number of amides is 2. The van der Waals surface area contributed by atoms with Crippen LogP contribution in [0.4, 0.5) is 0 Å². The molecular formula is C19H19N5O2S. The molecule has 7 nitrogen and oxygen atoms in total. The van der Waals surface area contributed by atoms with Crippen molar-refractivity contribution in [2.45, 2.75) is 19.4 Å². The van der Waals surface area contributed by atoms with E-state index in [4.69, 9.17) is 0 Å². The van der Waals surface area contributed by atoms with Crippen LogP contribution in [0.15, 0.2) is 42.6 Å². The summed E-state index contributed by atoms with van der Waals surface area (Å²) in [6.07, 6.45) is 2.93. The van der Waals surface area contributed by atoms with Gasteiger partial charge in [0.25, 0.3) is 11.8 Å². The first-order valence-electron chi connectivity index (χ1n) is 8.80. The van der Waals surface area contributed by atoms with Gasteiger partial charge < -0.3 is 10.2 Å². The van der Waals surface area contributed by atoms with Crippen molar-refractivity contribution in [3.63, 3.8) is 0 Å². The molecule has 1 aromatic carbocycles. The molecule has 2 N–H and O–H groups in total. The molecule has 0 unspecified atom stereocenters. The van der Waals surface area contributed by atoms with Gasteiger partial charge in [-0.25, -0.2) is 4.98 Å². The van der Waals surface area contributed by atoms with Gasteiger partial charge in [-0.1, -0.05) is 30.3 Å². The van der Waals surface area contributed by atoms with Crippen LogP contribution in [0.25, 0.3) is 0 Å². The van der Waals surface area contributed by atoms with Crippen molar-refractivity contribution in [2.75, 3.05) is 13.1 Å². The number of benzene rings is 1. The second-order valence-electron chi connectivity index (χ2n) is 6.32. The van der Waals surface area contributed by atoms with E-state index in [1.54, 1.807) is 17.2 Å². The molecule has 3 aromatic rings. The van der Waals surface area contributed by atoms with Crippen LogP contribution >= 0.6 is 11.3 Å². The zero-order chi connectivity index (χ0) is 18.6. The summed E-state index contributed by atoms with van der Waals surface area (Å²) in [7, 11) is 0. The normalized spacial score (nSPS) is 13.7. The third-order valence-corrected chi connectivity index (χ3v) is 5.67. The Morgan fingerprint density at radius 3 is 2.74 bits per heavy atom. The van der Waals surface area contributed by atoms with E-state index >= 15 is 0 Å². The van der Waals surface area contributed by atoms with E-state index < -0.39 is 0 Å². The summed E-state index contributed by atoms with van der Waals surface area (Å²) >= 11 is 1.42. The minimum Gasteiger partial charge on any atom is -0.346 e. The van der Waals surface area contributed by atoms with E-state index in [1.807, 2.05) is 30.3 Å². The van der Waals surface area contributed by atoms with Gasteiger partial charge in [0.2, 0.25) is 0 Å². The van der Waals surface area contributed by atoms with Crippen LogP contribution in [0.5, 0.6) is 0 Å². The van der Waals surface area contributed by atoms with Crippen molar-refractivity contribution >= 4 is 23.2 Å². The van der Waals surface area contributed by atoms with Crippen molar-refractivity contribution in [3.05, 3.63) is 69.4 Å². The van der Waals surface area contributed by atoms with Crippen LogP contribution < -0.4 is 5.32 Å². The van der Waals surface area contributed by atoms with Gasteiger partial charge in [-0.2, -0.15) is 5.10 Å². The highest BCUT2D eigenvalue weighted by molar-refractivity contribution is 7.13. The van der Waals surface area contributed by atoms with Crippen LogP contribution in [-0.2, 0) is 19.4 Å². The molecule has 0 saturated carbocycles. The lowest BCUT2D eigenvalue weighted by Crippen LogP contribution is -2.33. The highest BCUT2D eigenvalue weighted by atomic mass is 32.1.